The van der Waals surface area contributed by atoms with Crippen LogP contribution in [0.2, 0.25) is 0 Å². The van der Waals surface area contributed by atoms with Gasteiger partial charge in [0.15, 0.2) is 11.6 Å². The Morgan fingerprint density at radius 2 is 1.89 bits per heavy atom. The van der Waals surface area contributed by atoms with Gasteiger partial charge in [-0.3, -0.25) is 0 Å². The molecule has 1 aromatic carbocycles. The molecule has 0 aliphatic rings. The summed E-state index contributed by atoms with van der Waals surface area (Å²) in [5.41, 5.74) is -0.506. The summed E-state index contributed by atoms with van der Waals surface area (Å²) in [6.45, 7) is 8.54. The number of benzene rings is 1. The molecule has 0 aromatic heterocycles. The summed E-state index contributed by atoms with van der Waals surface area (Å²) in [4.78, 5) is 0. The second kappa shape index (κ2) is 5.88. The number of nitrogens with one attached hydrogen (secondary N) is 1. The highest BCUT2D eigenvalue weighted by Crippen LogP contribution is 2.28. The van der Waals surface area contributed by atoms with Crippen LogP contribution < -0.4 is 10.1 Å². The molecule has 0 aliphatic carbocycles. The van der Waals surface area contributed by atoms with Crippen LogP contribution >= 0.6 is 0 Å². The van der Waals surface area contributed by atoms with E-state index < -0.39 is 11.4 Å². The minimum atomic E-state index is -1.06. The van der Waals surface area contributed by atoms with Gasteiger partial charge in [0.05, 0.1) is 12.7 Å². The monoisotopic (exact) mass is 269 g/mol. The Morgan fingerprint density at radius 3 is 2.37 bits per heavy atom. The van der Waals surface area contributed by atoms with E-state index in [-0.39, 0.29) is 11.3 Å². The van der Waals surface area contributed by atoms with Gasteiger partial charge < -0.3 is 15.2 Å². The molecule has 0 fully saturated rings. The number of halogens is 1. The molecule has 1 rings (SSSR count). The smallest absolute Gasteiger partial charge is 0.165 e. The minimum absolute atomic E-state index is 0.00123. The summed E-state index contributed by atoms with van der Waals surface area (Å²) in [7, 11) is 1.42. The zero-order valence-electron chi connectivity index (χ0n) is 12.4. The van der Waals surface area contributed by atoms with Crippen molar-refractivity contribution in [1.82, 2.24) is 5.32 Å². The molecule has 2 N–H and O–H groups in total. The van der Waals surface area contributed by atoms with Gasteiger partial charge in [0.25, 0.3) is 0 Å². The first-order chi connectivity index (χ1) is 8.65. The van der Waals surface area contributed by atoms with Crippen LogP contribution in [0.3, 0.4) is 0 Å². The number of methoxy groups -OCH3 is 1. The van der Waals surface area contributed by atoms with Gasteiger partial charge in [-0.15, -0.1) is 0 Å². The molecular formula is C15H24FNO2. The fourth-order valence-corrected chi connectivity index (χ4v) is 1.83. The molecule has 0 saturated carbocycles. The van der Waals surface area contributed by atoms with Gasteiger partial charge >= 0.3 is 0 Å². The number of aliphatic hydroxyl groups is 1. The highest BCUT2D eigenvalue weighted by atomic mass is 19.1. The fourth-order valence-electron chi connectivity index (χ4n) is 1.83. The van der Waals surface area contributed by atoms with Crippen LogP contribution in [0.5, 0.6) is 5.75 Å². The van der Waals surface area contributed by atoms with Crippen molar-refractivity contribution in [2.24, 2.45) is 0 Å². The molecule has 108 valence electrons. The van der Waals surface area contributed by atoms with Gasteiger partial charge in [-0.25, -0.2) is 4.39 Å². The molecule has 0 radical (unpaired) electrons. The van der Waals surface area contributed by atoms with Crippen LogP contribution in [0.25, 0.3) is 0 Å². The maximum absolute atomic E-state index is 13.6. The van der Waals surface area contributed by atoms with E-state index in [1.165, 1.54) is 19.2 Å². The standard InChI is InChI=1S/C15H24FNO2/c1-14(2,3)17-9-8-15(4,18)11-6-7-13(19-5)12(16)10-11/h6-7,10,17-18H,8-9H2,1-5H3. The minimum Gasteiger partial charge on any atom is -0.494 e. The van der Waals surface area contributed by atoms with Crippen molar-refractivity contribution in [3.05, 3.63) is 29.6 Å². The zero-order valence-corrected chi connectivity index (χ0v) is 12.4. The number of hydrogen-bond acceptors (Lipinski definition) is 3. The first-order valence-corrected chi connectivity index (χ1v) is 6.47. The Labute approximate surface area is 114 Å². The van der Waals surface area contributed by atoms with E-state index in [2.05, 4.69) is 26.1 Å². The molecule has 1 atom stereocenters. The summed E-state index contributed by atoms with van der Waals surface area (Å²) >= 11 is 0. The highest BCUT2D eigenvalue weighted by molar-refractivity contribution is 5.32. The molecule has 3 nitrogen and oxygen atoms in total. The topological polar surface area (TPSA) is 41.5 Å². The maximum Gasteiger partial charge on any atom is 0.165 e. The Hall–Kier alpha value is -1.13. The molecule has 0 spiro atoms. The van der Waals surface area contributed by atoms with E-state index in [1.807, 2.05) is 0 Å². The second-order valence-electron chi connectivity index (χ2n) is 6.05. The van der Waals surface area contributed by atoms with Gasteiger partial charge in [-0.05, 0) is 58.4 Å². The van der Waals surface area contributed by atoms with Crippen LogP contribution in [-0.4, -0.2) is 24.3 Å². The van der Waals surface area contributed by atoms with E-state index in [9.17, 15) is 9.50 Å². The average Bonchev–Trinajstić information content (AvgIpc) is 2.26. The third kappa shape index (κ3) is 4.80. The molecular weight excluding hydrogens is 245 g/mol. The SMILES string of the molecule is COc1ccc(C(C)(O)CCNC(C)(C)C)cc1F. The summed E-state index contributed by atoms with van der Waals surface area (Å²) in [5, 5.41) is 13.7. The summed E-state index contributed by atoms with van der Waals surface area (Å²) in [6, 6.07) is 4.56. The van der Waals surface area contributed by atoms with Gasteiger partial charge in [-0.2, -0.15) is 0 Å². The van der Waals surface area contributed by atoms with E-state index >= 15 is 0 Å². The van der Waals surface area contributed by atoms with Crippen molar-refractivity contribution in [3.8, 4) is 5.75 Å². The largest absolute Gasteiger partial charge is 0.494 e. The van der Waals surface area contributed by atoms with E-state index in [1.54, 1.807) is 13.0 Å². The third-order valence-corrected chi connectivity index (χ3v) is 3.04. The Morgan fingerprint density at radius 1 is 1.26 bits per heavy atom. The number of ether oxygens (including phenoxy) is 1. The highest BCUT2D eigenvalue weighted by Gasteiger charge is 2.24. The Balaban J connectivity index is 2.74. The Bertz CT molecular complexity index is 425. The van der Waals surface area contributed by atoms with Crippen LogP contribution in [0.4, 0.5) is 4.39 Å². The fraction of sp³-hybridized carbons (Fsp3) is 0.600. The number of hydrogen-bond donors (Lipinski definition) is 2. The lowest BCUT2D eigenvalue weighted by Gasteiger charge is -2.27. The molecule has 0 aliphatic heterocycles. The van der Waals surface area contributed by atoms with E-state index in [4.69, 9.17) is 4.74 Å². The van der Waals surface area contributed by atoms with Crippen LogP contribution in [0.15, 0.2) is 18.2 Å². The van der Waals surface area contributed by atoms with Crippen LogP contribution in [0, 0.1) is 5.82 Å². The molecule has 0 heterocycles. The number of rotatable bonds is 5. The predicted octanol–water partition coefficient (Wildman–Crippen LogP) is 2.82. The van der Waals surface area contributed by atoms with Gasteiger partial charge in [-0.1, -0.05) is 6.07 Å². The predicted molar refractivity (Wildman–Crippen MR) is 74.9 cm³/mol. The lowest BCUT2D eigenvalue weighted by atomic mass is 9.92. The van der Waals surface area contributed by atoms with Crippen molar-refractivity contribution >= 4 is 0 Å². The van der Waals surface area contributed by atoms with Crippen molar-refractivity contribution < 1.29 is 14.2 Å². The first kappa shape index (κ1) is 15.9. The second-order valence-corrected chi connectivity index (χ2v) is 6.05. The molecule has 4 heteroatoms. The van der Waals surface area contributed by atoms with Gasteiger partial charge in [0.1, 0.15) is 0 Å². The molecule has 0 saturated heterocycles. The van der Waals surface area contributed by atoms with E-state index in [0.29, 0.717) is 18.5 Å². The lowest BCUT2D eigenvalue weighted by molar-refractivity contribution is 0.0460. The zero-order chi connectivity index (χ0) is 14.7. The van der Waals surface area contributed by atoms with Crippen molar-refractivity contribution in [1.29, 1.82) is 0 Å². The van der Waals surface area contributed by atoms with E-state index in [0.717, 1.165) is 0 Å². The maximum atomic E-state index is 13.6. The average molecular weight is 269 g/mol. The molecule has 19 heavy (non-hydrogen) atoms. The third-order valence-electron chi connectivity index (χ3n) is 3.04. The van der Waals surface area contributed by atoms with Gasteiger partial charge in [0, 0.05) is 5.54 Å². The van der Waals surface area contributed by atoms with Crippen LogP contribution in [0.1, 0.15) is 39.7 Å². The van der Waals surface area contributed by atoms with Gasteiger partial charge in [0.2, 0.25) is 0 Å². The molecule has 0 amide bonds. The quantitative estimate of drug-likeness (QED) is 0.863. The van der Waals surface area contributed by atoms with Crippen LogP contribution in [-0.2, 0) is 5.60 Å². The molecule has 0 bridgehead atoms. The molecule has 1 aromatic rings. The first-order valence-electron chi connectivity index (χ1n) is 6.47. The normalized spacial score (nSPS) is 15.1. The summed E-state index contributed by atoms with van der Waals surface area (Å²) < 4.78 is 18.5. The summed E-state index contributed by atoms with van der Waals surface area (Å²) in [5.74, 6) is -0.267. The van der Waals surface area contributed by atoms with Crippen molar-refractivity contribution in [3.63, 3.8) is 0 Å². The van der Waals surface area contributed by atoms with Crippen molar-refractivity contribution in [2.75, 3.05) is 13.7 Å². The Kier molecular flexibility index (Phi) is 4.93. The molecule has 1 unspecified atom stereocenters. The summed E-state index contributed by atoms with van der Waals surface area (Å²) in [6.07, 6.45) is 0.510. The van der Waals surface area contributed by atoms with Crippen molar-refractivity contribution in [2.45, 2.75) is 45.3 Å². The lowest BCUT2D eigenvalue weighted by Crippen LogP contribution is -2.39.